The largest absolute Gasteiger partial charge is 0.310 e. The SMILES string of the molecule is CCCNC(Cc1cnn(CC)c1)c1ccc(C)cc1Cl. The highest BCUT2D eigenvalue weighted by Gasteiger charge is 2.15. The van der Waals surface area contributed by atoms with Gasteiger partial charge in [0.15, 0.2) is 0 Å². The first kappa shape index (κ1) is 16.1. The Morgan fingerprint density at radius 1 is 1.33 bits per heavy atom. The minimum Gasteiger partial charge on any atom is -0.310 e. The fraction of sp³-hybridized carbons (Fsp3) is 0.471. The van der Waals surface area contributed by atoms with Crippen LogP contribution in [0.1, 0.15) is 43.0 Å². The number of benzene rings is 1. The lowest BCUT2D eigenvalue weighted by Gasteiger charge is -2.20. The number of halogens is 1. The molecule has 1 atom stereocenters. The molecule has 0 spiro atoms. The molecule has 1 heterocycles. The molecule has 0 saturated heterocycles. The average Bonchev–Trinajstić information content (AvgIpc) is 2.91. The molecule has 114 valence electrons. The molecule has 4 heteroatoms. The van der Waals surface area contributed by atoms with Crippen molar-refractivity contribution in [2.75, 3.05) is 6.54 Å². The summed E-state index contributed by atoms with van der Waals surface area (Å²) in [4.78, 5) is 0. The van der Waals surface area contributed by atoms with Crippen LogP contribution in [0.25, 0.3) is 0 Å². The van der Waals surface area contributed by atoms with E-state index in [-0.39, 0.29) is 6.04 Å². The molecular weight excluding hydrogens is 282 g/mol. The third-order valence-electron chi connectivity index (χ3n) is 3.62. The molecule has 2 rings (SSSR count). The van der Waals surface area contributed by atoms with Gasteiger partial charge in [0.25, 0.3) is 0 Å². The first-order valence-corrected chi connectivity index (χ1v) is 8.02. The Labute approximate surface area is 132 Å². The Morgan fingerprint density at radius 3 is 2.76 bits per heavy atom. The number of aryl methyl sites for hydroxylation is 2. The van der Waals surface area contributed by atoms with Crippen LogP contribution < -0.4 is 5.32 Å². The van der Waals surface area contributed by atoms with E-state index in [1.54, 1.807) is 0 Å². The highest BCUT2D eigenvalue weighted by Crippen LogP contribution is 2.26. The molecule has 0 aliphatic rings. The maximum Gasteiger partial charge on any atom is 0.0522 e. The van der Waals surface area contributed by atoms with Crippen LogP contribution in [0.4, 0.5) is 0 Å². The second kappa shape index (κ2) is 7.62. The molecule has 0 aliphatic heterocycles. The summed E-state index contributed by atoms with van der Waals surface area (Å²) in [7, 11) is 0. The predicted molar refractivity (Wildman–Crippen MR) is 88.8 cm³/mol. The van der Waals surface area contributed by atoms with Crippen molar-refractivity contribution in [2.45, 2.75) is 46.2 Å². The summed E-state index contributed by atoms with van der Waals surface area (Å²) in [5, 5.41) is 8.79. The van der Waals surface area contributed by atoms with Gasteiger partial charge in [-0.05, 0) is 56.0 Å². The van der Waals surface area contributed by atoms with Crippen LogP contribution in [0.5, 0.6) is 0 Å². The molecule has 1 aromatic heterocycles. The molecule has 0 radical (unpaired) electrons. The quantitative estimate of drug-likeness (QED) is 0.833. The Balaban J connectivity index is 2.20. The highest BCUT2D eigenvalue weighted by atomic mass is 35.5. The van der Waals surface area contributed by atoms with E-state index in [1.165, 1.54) is 16.7 Å². The van der Waals surface area contributed by atoms with Crippen molar-refractivity contribution in [1.82, 2.24) is 15.1 Å². The molecule has 0 amide bonds. The maximum atomic E-state index is 6.44. The van der Waals surface area contributed by atoms with E-state index in [1.807, 2.05) is 16.9 Å². The second-order valence-corrected chi connectivity index (χ2v) is 5.85. The fourth-order valence-electron chi connectivity index (χ4n) is 2.45. The topological polar surface area (TPSA) is 29.9 Å². The van der Waals surface area contributed by atoms with Gasteiger partial charge < -0.3 is 5.32 Å². The molecule has 21 heavy (non-hydrogen) atoms. The Hall–Kier alpha value is -1.32. The number of aromatic nitrogens is 2. The van der Waals surface area contributed by atoms with Gasteiger partial charge >= 0.3 is 0 Å². The summed E-state index contributed by atoms with van der Waals surface area (Å²) < 4.78 is 1.96. The van der Waals surface area contributed by atoms with E-state index >= 15 is 0 Å². The van der Waals surface area contributed by atoms with Crippen LogP contribution in [0.15, 0.2) is 30.6 Å². The average molecular weight is 306 g/mol. The summed E-state index contributed by atoms with van der Waals surface area (Å²) in [5.41, 5.74) is 3.60. The number of rotatable bonds is 7. The third-order valence-corrected chi connectivity index (χ3v) is 3.95. The van der Waals surface area contributed by atoms with Crippen molar-refractivity contribution in [2.24, 2.45) is 0 Å². The van der Waals surface area contributed by atoms with Gasteiger partial charge in [0, 0.05) is 23.8 Å². The Morgan fingerprint density at radius 2 is 2.14 bits per heavy atom. The molecule has 0 saturated carbocycles. The maximum absolute atomic E-state index is 6.44. The van der Waals surface area contributed by atoms with Crippen molar-refractivity contribution in [3.8, 4) is 0 Å². The van der Waals surface area contributed by atoms with E-state index < -0.39 is 0 Å². The van der Waals surface area contributed by atoms with Crippen LogP contribution in [0.2, 0.25) is 5.02 Å². The minimum atomic E-state index is 0.229. The Kier molecular flexibility index (Phi) is 5.83. The fourth-order valence-corrected chi connectivity index (χ4v) is 2.81. The molecule has 1 aromatic carbocycles. The van der Waals surface area contributed by atoms with Gasteiger partial charge in [0.1, 0.15) is 0 Å². The lowest BCUT2D eigenvalue weighted by atomic mass is 9.99. The minimum absolute atomic E-state index is 0.229. The van der Waals surface area contributed by atoms with Crippen molar-refractivity contribution >= 4 is 11.6 Å². The third kappa shape index (κ3) is 4.32. The molecule has 0 aliphatic carbocycles. The van der Waals surface area contributed by atoms with E-state index in [0.717, 1.165) is 31.0 Å². The first-order chi connectivity index (χ1) is 10.1. The number of nitrogens with one attached hydrogen (secondary N) is 1. The predicted octanol–water partition coefficient (Wildman–Crippen LogP) is 4.15. The Bertz CT molecular complexity index is 577. The molecule has 1 N–H and O–H groups in total. The molecule has 1 unspecified atom stereocenters. The summed E-state index contributed by atoms with van der Waals surface area (Å²) in [6, 6.07) is 6.52. The van der Waals surface area contributed by atoms with Gasteiger partial charge in [-0.15, -0.1) is 0 Å². The zero-order valence-electron chi connectivity index (χ0n) is 13.1. The highest BCUT2D eigenvalue weighted by molar-refractivity contribution is 6.31. The van der Waals surface area contributed by atoms with Crippen molar-refractivity contribution in [1.29, 1.82) is 0 Å². The van der Waals surface area contributed by atoms with Crippen molar-refractivity contribution in [3.05, 3.63) is 52.3 Å². The van der Waals surface area contributed by atoms with Gasteiger partial charge in [-0.1, -0.05) is 30.7 Å². The summed E-state index contributed by atoms with van der Waals surface area (Å²) in [6.07, 6.45) is 6.08. The standard InChI is InChI=1S/C17H24ClN3/c1-4-8-19-17(10-14-11-20-21(5-2)12-14)15-7-6-13(3)9-16(15)18/h6-7,9,11-12,17,19H,4-5,8,10H2,1-3H3. The van der Waals surface area contributed by atoms with E-state index in [4.69, 9.17) is 11.6 Å². The number of hydrogen-bond donors (Lipinski definition) is 1. The number of hydrogen-bond acceptors (Lipinski definition) is 2. The molecule has 2 aromatic rings. The van der Waals surface area contributed by atoms with E-state index in [9.17, 15) is 0 Å². The van der Waals surface area contributed by atoms with Crippen molar-refractivity contribution in [3.63, 3.8) is 0 Å². The van der Waals surface area contributed by atoms with Gasteiger partial charge in [-0.25, -0.2) is 0 Å². The zero-order valence-corrected chi connectivity index (χ0v) is 13.8. The van der Waals surface area contributed by atoms with Gasteiger partial charge in [-0.2, -0.15) is 5.10 Å². The van der Waals surface area contributed by atoms with Crippen molar-refractivity contribution < 1.29 is 0 Å². The summed E-state index contributed by atoms with van der Waals surface area (Å²) >= 11 is 6.44. The van der Waals surface area contributed by atoms with Crippen LogP contribution in [0.3, 0.4) is 0 Å². The smallest absolute Gasteiger partial charge is 0.0522 e. The van der Waals surface area contributed by atoms with Crippen LogP contribution in [-0.2, 0) is 13.0 Å². The summed E-state index contributed by atoms with van der Waals surface area (Å²) in [6.45, 7) is 8.22. The molecule has 0 fully saturated rings. The van der Waals surface area contributed by atoms with Crippen LogP contribution >= 0.6 is 11.6 Å². The van der Waals surface area contributed by atoms with E-state index in [0.29, 0.717) is 0 Å². The molecule has 3 nitrogen and oxygen atoms in total. The molecule has 0 bridgehead atoms. The van der Waals surface area contributed by atoms with Crippen LogP contribution in [0, 0.1) is 6.92 Å². The lowest BCUT2D eigenvalue weighted by molar-refractivity contribution is 0.529. The normalized spacial score (nSPS) is 12.6. The van der Waals surface area contributed by atoms with Crippen LogP contribution in [-0.4, -0.2) is 16.3 Å². The second-order valence-electron chi connectivity index (χ2n) is 5.44. The first-order valence-electron chi connectivity index (χ1n) is 7.64. The van der Waals surface area contributed by atoms with Gasteiger partial charge in [0.05, 0.1) is 6.20 Å². The summed E-state index contributed by atoms with van der Waals surface area (Å²) in [5.74, 6) is 0. The lowest BCUT2D eigenvalue weighted by Crippen LogP contribution is -2.24. The van der Waals surface area contributed by atoms with Gasteiger partial charge in [0.2, 0.25) is 0 Å². The monoisotopic (exact) mass is 305 g/mol. The number of nitrogens with zero attached hydrogens (tertiary/aromatic N) is 2. The van der Waals surface area contributed by atoms with Gasteiger partial charge in [-0.3, -0.25) is 4.68 Å². The zero-order chi connectivity index (χ0) is 15.2. The molecular formula is C17H24ClN3. The van der Waals surface area contributed by atoms with E-state index in [2.05, 4.69) is 49.5 Å².